The molecular weight excluding hydrogens is 480 g/mol. The van der Waals surface area contributed by atoms with Crippen molar-refractivity contribution in [3.63, 3.8) is 0 Å². The van der Waals surface area contributed by atoms with Crippen molar-refractivity contribution >= 4 is 16.7 Å². The first kappa shape index (κ1) is 23.9. The average Bonchev–Trinajstić information content (AvgIpc) is 3.27. The normalized spacial score (nSPS) is 19.6. The topological polar surface area (TPSA) is 96.8 Å². The highest BCUT2D eigenvalue weighted by Crippen LogP contribution is 2.36. The molecule has 3 heterocycles. The van der Waals surface area contributed by atoms with Crippen LogP contribution in [0.2, 0.25) is 0 Å². The zero-order chi connectivity index (χ0) is 25.8. The van der Waals surface area contributed by atoms with Gasteiger partial charge in [-0.1, -0.05) is 24.3 Å². The Hall–Kier alpha value is -3.83. The number of benzene rings is 1. The molecule has 0 fully saturated rings. The van der Waals surface area contributed by atoms with E-state index in [-0.39, 0.29) is 36.0 Å². The number of carbonyl (C=O) groups excluding carboxylic acids is 1. The van der Waals surface area contributed by atoms with Crippen molar-refractivity contribution in [2.24, 2.45) is 5.92 Å². The van der Waals surface area contributed by atoms with Gasteiger partial charge in [-0.3, -0.25) is 14.2 Å². The molecule has 36 heavy (non-hydrogen) atoms. The Kier molecular flexibility index (Phi) is 5.56. The van der Waals surface area contributed by atoms with Gasteiger partial charge in [-0.2, -0.15) is 18.3 Å². The second kappa shape index (κ2) is 8.38. The first-order valence-corrected chi connectivity index (χ1v) is 11.3. The van der Waals surface area contributed by atoms with Crippen molar-refractivity contribution in [3.8, 4) is 0 Å². The van der Waals surface area contributed by atoms with Crippen LogP contribution in [0.25, 0.3) is 10.8 Å². The largest absolute Gasteiger partial charge is 0.451 e. The Morgan fingerprint density at radius 3 is 2.64 bits per heavy atom. The molecule has 1 amide bonds. The SMILES string of the molecule is CC1(C)CN(C(=O)C2=CC(Cc3n[nH]c(=O)c4ccccc34)CC=C2F)Cc2nnc(C(F)(F)F)n21. The lowest BCUT2D eigenvalue weighted by molar-refractivity contribution is -0.150. The molecule has 2 aliphatic rings. The van der Waals surface area contributed by atoms with E-state index in [1.165, 1.54) is 17.1 Å². The van der Waals surface area contributed by atoms with Crippen LogP contribution in [0.3, 0.4) is 0 Å². The van der Waals surface area contributed by atoms with E-state index in [4.69, 9.17) is 0 Å². The summed E-state index contributed by atoms with van der Waals surface area (Å²) in [4.78, 5) is 26.7. The number of fused-ring (bicyclic) bond motifs is 2. The quantitative estimate of drug-likeness (QED) is 0.552. The van der Waals surface area contributed by atoms with Crippen molar-refractivity contribution in [1.82, 2.24) is 29.9 Å². The number of carbonyl (C=O) groups is 1. The Labute approximate surface area is 202 Å². The summed E-state index contributed by atoms with van der Waals surface area (Å²) in [5.74, 6) is -2.74. The standard InChI is InChI=1S/C24H22F4N6O2/c1-23(2)12-33(11-19-30-32-22(34(19)23)24(26,27)28)21(36)16-9-13(7-8-17(16)25)10-18-14-5-3-4-6-15(14)20(35)31-29-18/h3-6,8-9,13H,7,10-12H2,1-2H3,(H,31,35). The summed E-state index contributed by atoms with van der Waals surface area (Å²) in [5.41, 5.74) is -1.02. The molecule has 0 saturated heterocycles. The van der Waals surface area contributed by atoms with E-state index < -0.39 is 29.3 Å². The number of alkyl halides is 3. The van der Waals surface area contributed by atoms with Gasteiger partial charge in [0.15, 0.2) is 5.82 Å². The summed E-state index contributed by atoms with van der Waals surface area (Å²) in [5, 5.41) is 14.7. The highest BCUT2D eigenvalue weighted by Gasteiger charge is 2.46. The first-order chi connectivity index (χ1) is 17.0. The van der Waals surface area contributed by atoms with Crippen LogP contribution in [-0.4, -0.2) is 42.3 Å². The molecule has 0 saturated carbocycles. The van der Waals surface area contributed by atoms with Crippen molar-refractivity contribution < 1.29 is 22.4 Å². The fraction of sp³-hybridized carbons (Fsp3) is 0.375. The van der Waals surface area contributed by atoms with E-state index in [1.807, 2.05) is 0 Å². The van der Waals surface area contributed by atoms with E-state index in [0.29, 0.717) is 29.3 Å². The van der Waals surface area contributed by atoms with E-state index in [0.717, 1.165) is 4.57 Å². The minimum Gasteiger partial charge on any atom is -0.329 e. The van der Waals surface area contributed by atoms with Gasteiger partial charge in [-0.05, 0) is 44.7 Å². The molecule has 5 rings (SSSR count). The van der Waals surface area contributed by atoms with Gasteiger partial charge in [0, 0.05) is 11.9 Å². The fourth-order valence-electron chi connectivity index (χ4n) is 4.96. The van der Waals surface area contributed by atoms with Crippen molar-refractivity contribution in [3.05, 3.63) is 75.5 Å². The lowest BCUT2D eigenvalue weighted by Crippen LogP contribution is -2.50. The molecule has 1 N–H and O–H groups in total. The molecular formula is C24H22F4N6O2. The summed E-state index contributed by atoms with van der Waals surface area (Å²) >= 11 is 0. The minimum atomic E-state index is -4.69. The van der Waals surface area contributed by atoms with Crippen LogP contribution in [0.5, 0.6) is 0 Å². The third-order valence-electron chi connectivity index (χ3n) is 6.51. The molecule has 1 atom stereocenters. The van der Waals surface area contributed by atoms with Gasteiger partial charge in [0.2, 0.25) is 5.82 Å². The number of nitrogens with zero attached hydrogens (tertiary/aromatic N) is 5. The third kappa shape index (κ3) is 4.10. The fourth-order valence-corrected chi connectivity index (χ4v) is 4.96. The number of aromatic amines is 1. The molecule has 8 nitrogen and oxygen atoms in total. The average molecular weight is 502 g/mol. The number of halogens is 4. The summed E-state index contributed by atoms with van der Waals surface area (Å²) in [6, 6.07) is 7.00. The maximum atomic E-state index is 14.8. The predicted octanol–water partition coefficient (Wildman–Crippen LogP) is 3.65. The number of nitrogens with one attached hydrogen (secondary N) is 1. The van der Waals surface area contributed by atoms with Crippen LogP contribution < -0.4 is 5.56 Å². The lowest BCUT2D eigenvalue weighted by Gasteiger charge is -2.40. The molecule has 0 bridgehead atoms. The number of H-pyrrole nitrogens is 1. The molecule has 2 aromatic heterocycles. The minimum absolute atomic E-state index is 0.0202. The monoisotopic (exact) mass is 502 g/mol. The van der Waals surface area contributed by atoms with E-state index >= 15 is 0 Å². The molecule has 1 unspecified atom stereocenters. The number of rotatable bonds is 3. The van der Waals surface area contributed by atoms with E-state index in [1.54, 1.807) is 38.1 Å². The van der Waals surface area contributed by atoms with Gasteiger partial charge in [-0.15, -0.1) is 10.2 Å². The van der Waals surface area contributed by atoms with Crippen LogP contribution in [-0.2, 0) is 29.5 Å². The highest BCUT2D eigenvalue weighted by molar-refractivity contribution is 5.97. The van der Waals surface area contributed by atoms with Crippen molar-refractivity contribution in [2.75, 3.05) is 6.54 Å². The number of aromatic nitrogens is 5. The summed E-state index contributed by atoms with van der Waals surface area (Å²) < 4.78 is 56.0. The van der Waals surface area contributed by atoms with E-state index in [2.05, 4.69) is 20.4 Å². The molecule has 12 heteroatoms. The van der Waals surface area contributed by atoms with Gasteiger partial charge in [-0.25, -0.2) is 9.49 Å². The smallest absolute Gasteiger partial charge is 0.329 e. The summed E-state index contributed by atoms with van der Waals surface area (Å²) in [6.07, 6.45) is -1.15. The Morgan fingerprint density at radius 2 is 1.92 bits per heavy atom. The predicted molar refractivity (Wildman–Crippen MR) is 121 cm³/mol. The molecule has 1 aliphatic heterocycles. The van der Waals surface area contributed by atoms with Crippen LogP contribution in [0.15, 0.2) is 52.6 Å². The molecule has 0 spiro atoms. The van der Waals surface area contributed by atoms with E-state index in [9.17, 15) is 27.2 Å². The molecule has 1 aliphatic carbocycles. The zero-order valence-corrected chi connectivity index (χ0v) is 19.4. The van der Waals surface area contributed by atoms with Crippen LogP contribution in [0, 0.1) is 5.92 Å². The third-order valence-corrected chi connectivity index (χ3v) is 6.51. The Balaban J connectivity index is 1.42. The zero-order valence-electron chi connectivity index (χ0n) is 19.4. The molecule has 0 radical (unpaired) electrons. The Morgan fingerprint density at radius 1 is 1.19 bits per heavy atom. The highest BCUT2D eigenvalue weighted by atomic mass is 19.4. The molecule has 1 aromatic carbocycles. The molecule has 188 valence electrons. The second-order valence-corrected chi connectivity index (χ2v) is 9.62. The maximum Gasteiger partial charge on any atom is 0.451 e. The van der Waals surface area contributed by atoms with Gasteiger partial charge in [0.25, 0.3) is 11.5 Å². The van der Waals surface area contributed by atoms with Crippen LogP contribution in [0.1, 0.15) is 37.6 Å². The van der Waals surface area contributed by atoms with Crippen LogP contribution in [0.4, 0.5) is 17.6 Å². The number of hydrogen-bond donors (Lipinski definition) is 1. The molecule has 3 aromatic rings. The number of hydrogen-bond acceptors (Lipinski definition) is 5. The number of amides is 1. The van der Waals surface area contributed by atoms with Crippen molar-refractivity contribution in [2.45, 2.75) is 44.9 Å². The van der Waals surface area contributed by atoms with Gasteiger partial charge < -0.3 is 4.90 Å². The summed E-state index contributed by atoms with van der Waals surface area (Å²) in [6.45, 7) is 2.78. The van der Waals surface area contributed by atoms with Crippen LogP contribution >= 0.6 is 0 Å². The first-order valence-electron chi connectivity index (χ1n) is 11.3. The lowest BCUT2D eigenvalue weighted by atomic mass is 9.89. The number of allylic oxidation sites excluding steroid dienone is 2. The van der Waals surface area contributed by atoms with Gasteiger partial charge in [0.05, 0.1) is 28.7 Å². The van der Waals surface area contributed by atoms with Gasteiger partial charge >= 0.3 is 6.18 Å². The Bertz CT molecular complexity index is 1480. The summed E-state index contributed by atoms with van der Waals surface area (Å²) in [7, 11) is 0. The van der Waals surface area contributed by atoms with Gasteiger partial charge in [0.1, 0.15) is 5.83 Å². The second-order valence-electron chi connectivity index (χ2n) is 9.62. The maximum absolute atomic E-state index is 14.8. The van der Waals surface area contributed by atoms with Crippen molar-refractivity contribution in [1.29, 1.82) is 0 Å².